The van der Waals surface area contributed by atoms with E-state index in [1.54, 1.807) is 0 Å². The molecule has 0 aliphatic heterocycles. The number of benzene rings is 1. The van der Waals surface area contributed by atoms with E-state index in [2.05, 4.69) is 54.5 Å². The zero-order valence-corrected chi connectivity index (χ0v) is 12.9. The number of nitrogens with one attached hydrogen (secondary N) is 1. The van der Waals surface area contributed by atoms with Crippen molar-refractivity contribution in [3.05, 3.63) is 35.2 Å². The Morgan fingerprint density at radius 1 is 1.30 bits per heavy atom. The van der Waals surface area contributed by atoms with Crippen molar-refractivity contribution < 1.29 is 0 Å². The van der Waals surface area contributed by atoms with Crippen molar-refractivity contribution >= 4 is 16.5 Å². The minimum absolute atomic E-state index is 0.705. The topological polar surface area (TPSA) is 28.2 Å². The molecule has 0 atom stereocenters. The first-order valence-electron chi connectivity index (χ1n) is 7.28. The minimum atomic E-state index is 0.705. The summed E-state index contributed by atoms with van der Waals surface area (Å²) in [6, 6.07) is 11.2. The number of thiazole rings is 1. The van der Waals surface area contributed by atoms with Gasteiger partial charge < -0.3 is 10.2 Å². The van der Waals surface area contributed by atoms with Crippen molar-refractivity contribution in [3.8, 4) is 11.3 Å². The average molecular weight is 287 g/mol. The van der Waals surface area contributed by atoms with Crippen LogP contribution in [-0.2, 0) is 6.54 Å². The van der Waals surface area contributed by atoms with Gasteiger partial charge in [-0.3, -0.25) is 0 Å². The molecule has 0 bridgehead atoms. The Hall–Kier alpha value is -1.39. The minimum Gasteiger partial charge on any atom is -0.348 e. The monoisotopic (exact) mass is 287 g/mol. The summed E-state index contributed by atoms with van der Waals surface area (Å²) in [6.45, 7) is 4.03. The van der Waals surface area contributed by atoms with E-state index in [4.69, 9.17) is 4.98 Å². The van der Waals surface area contributed by atoms with Gasteiger partial charge in [-0.1, -0.05) is 48.6 Å². The smallest absolute Gasteiger partial charge is 0.186 e. The van der Waals surface area contributed by atoms with E-state index in [0.717, 1.165) is 23.9 Å². The number of hydrogen-bond donors (Lipinski definition) is 1. The third-order valence-electron chi connectivity index (χ3n) is 3.67. The Morgan fingerprint density at radius 2 is 2.05 bits per heavy atom. The molecule has 3 nitrogen and oxygen atoms in total. The Kier molecular flexibility index (Phi) is 4.03. The summed E-state index contributed by atoms with van der Waals surface area (Å²) in [4.78, 5) is 8.57. The second-order valence-electron chi connectivity index (χ2n) is 5.26. The maximum atomic E-state index is 4.90. The van der Waals surface area contributed by atoms with Crippen LogP contribution in [0, 0.1) is 0 Å². The largest absolute Gasteiger partial charge is 0.348 e. The normalized spacial score (nSPS) is 14.5. The summed E-state index contributed by atoms with van der Waals surface area (Å²) in [5.41, 5.74) is 2.35. The van der Waals surface area contributed by atoms with Gasteiger partial charge >= 0.3 is 0 Å². The summed E-state index contributed by atoms with van der Waals surface area (Å²) < 4.78 is 0. The third-order valence-corrected chi connectivity index (χ3v) is 4.81. The molecule has 1 aromatic carbocycles. The van der Waals surface area contributed by atoms with Crippen LogP contribution in [0.1, 0.15) is 24.6 Å². The standard InChI is InChI=1S/C16H21N3S/c1-3-17-11-14-15(12-7-5-4-6-8-12)18-16(20-14)19(2)13-9-10-13/h4-8,13,17H,3,9-11H2,1-2H3. The van der Waals surface area contributed by atoms with E-state index in [1.165, 1.54) is 23.3 Å². The van der Waals surface area contributed by atoms with Gasteiger partial charge in [0.1, 0.15) is 0 Å². The van der Waals surface area contributed by atoms with Crippen LogP contribution in [0.4, 0.5) is 5.13 Å². The zero-order valence-electron chi connectivity index (χ0n) is 12.1. The number of aromatic nitrogens is 1. The van der Waals surface area contributed by atoms with E-state index in [9.17, 15) is 0 Å². The van der Waals surface area contributed by atoms with Crippen LogP contribution < -0.4 is 10.2 Å². The predicted molar refractivity (Wildman–Crippen MR) is 86.4 cm³/mol. The zero-order chi connectivity index (χ0) is 13.9. The van der Waals surface area contributed by atoms with Gasteiger partial charge in [0.2, 0.25) is 0 Å². The van der Waals surface area contributed by atoms with Crippen LogP contribution >= 0.6 is 11.3 Å². The lowest BCUT2D eigenvalue weighted by Gasteiger charge is -2.13. The van der Waals surface area contributed by atoms with E-state index >= 15 is 0 Å². The van der Waals surface area contributed by atoms with Gasteiger partial charge in [0.05, 0.1) is 5.69 Å². The van der Waals surface area contributed by atoms with E-state index in [1.807, 2.05) is 11.3 Å². The van der Waals surface area contributed by atoms with Gasteiger partial charge in [0.25, 0.3) is 0 Å². The number of hydrogen-bond acceptors (Lipinski definition) is 4. The quantitative estimate of drug-likeness (QED) is 0.881. The molecule has 1 N–H and O–H groups in total. The van der Waals surface area contributed by atoms with Crippen molar-refractivity contribution in [1.82, 2.24) is 10.3 Å². The fourth-order valence-corrected chi connectivity index (χ4v) is 3.37. The molecule has 2 aromatic rings. The summed E-state index contributed by atoms with van der Waals surface area (Å²) >= 11 is 1.82. The Bertz CT molecular complexity index is 560. The number of anilines is 1. The Balaban J connectivity index is 1.93. The van der Waals surface area contributed by atoms with Gasteiger partial charge in [-0.25, -0.2) is 4.98 Å². The van der Waals surface area contributed by atoms with Gasteiger partial charge in [-0.15, -0.1) is 0 Å². The molecule has 1 saturated carbocycles. The molecule has 0 amide bonds. The Labute approximate surface area is 124 Å². The molecule has 0 spiro atoms. The highest BCUT2D eigenvalue weighted by Gasteiger charge is 2.29. The molecule has 1 fully saturated rings. The van der Waals surface area contributed by atoms with Crippen molar-refractivity contribution in [2.45, 2.75) is 32.4 Å². The third kappa shape index (κ3) is 2.86. The van der Waals surface area contributed by atoms with Gasteiger partial charge in [-0.2, -0.15) is 0 Å². The van der Waals surface area contributed by atoms with Crippen LogP contribution in [0.5, 0.6) is 0 Å². The van der Waals surface area contributed by atoms with Crippen molar-refractivity contribution in [1.29, 1.82) is 0 Å². The molecule has 106 valence electrons. The molecular formula is C16H21N3S. The number of rotatable bonds is 6. The van der Waals surface area contributed by atoms with E-state index < -0.39 is 0 Å². The SMILES string of the molecule is CCNCc1sc(N(C)C2CC2)nc1-c1ccccc1. The molecule has 1 aliphatic rings. The van der Waals surface area contributed by atoms with Crippen LogP contribution in [0.15, 0.2) is 30.3 Å². The first-order valence-corrected chi connectivity index (χ1v) is 8.10. The molecular weight excluding hydrogens is 266 g/mol. The van der Waals surface area contributed by atoms with Crippen LogP contribution in [0.2, 0.25) is 0 Å². The number of nitrogens with zero attached hydrogens (tertiary/aromatic N) is 2. The molecule has 4 heteroatoms. The lowest BCUT2D eigenvalue weighted by Crippen LogP contribution is -2.18. The maximum Gasteiger partial charge on any atom is 0.186 e. The molecule has 3 rings (SSSR count). The maximum absolute atomic E-state index is 4.90. The van der Waals surface area contributed by atoms with Crippen molar-refractivity contribution in [2.75, 3.05) is 18.5 Å². The first-order chi connectivity index (χ1) is 9.79. The molecule has 0 radical (unpaired) electrons. The summed E-state index contributed by atoms with van der Waals surface area (Å²) in [5, 5.41) is 4.58. The lowest BCUT2D eigenvalue weighted by molar-refractivity contribution is 0.735. The fraction of sp³-hybridized carbons (Fsp3) is 0.438. The first kappa shape index (κ1) is 13.6. The van der Waals surface area contributed by atoms with Crippen LogP contribution in [0.25, 0.3) is 11.3 Å². The van der Waals surface area contributed by atoms with Gasteiger partial charge in [0.15, 0.2) is 5.13 Å². The average Bonchev–Trinajstić information content (AvgIpc) is 3.25. The molecule has 1 aliphatic carbocycles. The molecule has 1 heterocycles. The fourth-order valence-electron chi connectivity index (χ4n) is 2.29. The second kappa shape index (κ2) is 5.94. The van der Waals surface area contributed by atoms with Crippen LogP contribution in [0.3, 0.4) is 0 Å². The second-order valence-corrected chi connectivity index (χ2v) is 6.32. The highest BCUT2D eigenvalue weighted by molar-refractivity contribution is 7.16. The molecule has 0 saturated heterocycles. The molecule has 1 aromatic heterocycles. The lowest BCUT2D eigenvalue weighted by atomic mass is 10.1. The van der Waals surface area contributed by atoms with Gasteiger partial charge in [-0.05, 0) is 19.4 Å². The van der Waals surface area contributed by atoms with E-state index in [-0.39, 0.29) is 0 Å². The summed E-state index contributed by atoms with van der Waals surface area (Å²) in [6.07, 6.45) is 2.61. The highest BCUT2D eigenvalue weighted by Crippen LogP contribution is 2.37. The molecule has 0 unspecified atom stereocenters. The Morgan fingerprint density at radius 3 is 2.70 bits per heavy atom. The highest BCUT2D eigenvalue weighted by atomic mass is 32.1. The van der Waals surface area contributed by atoms with E-state index in [0.29, 0.717) is 6.04 Å². The van der Waals surface area contributed by atoms with Crippen molar-refractivity contribution in [3.63, 3.8) is 0 Å². The predicted octanol–water partition coefficient (Wildman–Crippen LogP) is 3.52. The molecule has 20 heavy (non-hydrogen) atoms. The van der Waals surface area contributed by atoms with Crippen LogP contribution in [-0.4, -0.2) is 24.6 Å². The summed E-state index contributed by atoms with van der Waals surface area (Å²) in [5.74, 6) is 0. The summed E-state index contributed by atoms with van der Waals surface area (Å²) in [7, 11) is 2.17. The van der Waals surface area contributed by atoms with Gasteiger partial charge in [0, 0.05) is 30.1 Å². The van der Waals surface area contributed by atoms with Crippen molar-refractivity contribution in [2.24, 2.45) is 0 Å².